The van der Waals surface area contributed by atoms with E-state index < -0.39 is 6.09 Å². The zero-order valence-electron chi connectivity index (χ0n) is 7.59. The summed E-state index contributed by atoms with van der Waals surface area (Å²) in [5, 5.41) is 3.80. The van der Waals surface area contributed by atoms with Crippen molar-refractivity contribution in [2.24, 2.45) is 5.10 Å². The molecule has 1 N–H and O–H groups in total. The fourth-order valence-corrected chi connectivity index (χ4v) is 1.03. The Morgan fingerprint density at radius 3 is 2.83 bits per heavy atom. The van der Waals surface area contributed by atoms with Crippen LogP contribution < -0.4 is 5.43 Å². The fourth-order valence-electron chi connectivity index (χ4n) is 0.546. The van der Waals surface area contributed by atoms with Gasteiger partial charge in [0.25, 0.3) is 0 Å². The van der Waals surface area contributed by atoms with Crippen LogP contribution in [0.3, 0.4) is 0 Å². The third kappa shape index (κ3) is 6.03. The number of hydrazone groups is 1. The molecule has 0 aromatic rings. The Balaban J connectivity index is 3.63. The van der Waals surface area contributed by atoms with Gasteiger partial charge in [0.2, 0.25) is 0 Å². The van der Waals surface area contributed by atoms with Crippen molar-refractivity contribution in [3.63, 3.8) is 0 Å². The van der Waals surface area contributed by atoms with Crippen molar-refractivity contribution in [2.45, 2.75) is 13.8 Å². The number of ether oxygens (including phenoxy) is 1. The number of nitrogens with zero attached hydrogens (tertiary/aromatic N) is 1. The first kappa shape index (κ1) is 11.3. The minimum atomic E-state index is -0.502. The zero-order chi connectivity index (χ0) is 9.40. The Morgan fingerprint density at radius 1 is 1.67 bits per heavy atom. The van der Waals surface area contributed by atoms with E-state index in [0.717, 1.165) is 11.5 Å². The topological polar surface area (TPSA) is 50.7 Å². The zero-order valence-corrected chi connectivity index (χ0v) is 8.40. The summed E-state index contributed by atoms with van der Waals surface area (Å²) in [5.41, 5.74) is 3.15. The molecule has 70 valence electrons. The first-order chi connectivity index (χ1) is 5.70. The van der Waals surface area contributed by atoms with Crippen LogP contribution in [0.2, 0.25) is 0 Å². The van der Waals surface area contributed by atoms with Gasteiger partial charge in [-0.1, -0.05) is 0 Å². The third-order valence-corrected chi connectivity index (χ3v) is 1.67. The Hall–Kier alpha value is -0.710. The molecule has 0 aromatic carbocycles. The maximum atomic E-state index is 10.7. The fraction of sp³-hybridized carbons (Fsp3) is 0.714. The molecule has 0 aliphatic rings. The second-order valence-electron chi connectivity index (χ2n) is 2.11. The number of rotatable bonds is 4. The van der Waals surface area contributed by atoms with E-state index in [2.05, 4.69) is 15.3 Å². The van der Waals surface area contributed by atoms with Gasteiger partial charge in [-0.25, -0.2) is 10.2 Å². The standard InChI is InChI=1S/C7H14N2O2S/c1-4-11-7(10)9-8-6(2)5-12-3/h4-5H2,1-3H3,(H,9,10). The lowest BCUT2D eigenvalue weighted by molar-refractivity contribution is 0.152. The van der Waals surface area contributed by atoms with Crippen molar-refractivity contribution >= 4 is 23.6 Å². The van der Waals surface area contributed by atoms with Gasteiger partial charge >= 0.3 is 6.09 Å². The highest BCUT2D eigenvalue weighted by Gasteiger charge is 1.96. The van der Waals surface area contributed by atoms with Crippen LogP contribution in [-0.2, 0) is 4.74 Å². The Labute approximate surface area is 76.7 Å². The van der Waals surface area contributed by atoms with Crippen LogP contribution in [-0.4, -0.2) is 30.4 Å². The molecule has 0 atom stereocenters. The molecular weight excluding hydrogens is 176 g/mol. The number of amides is 1. The van der Waals surface area contributed by atoms with Crippen LogP contribution in [0, 0.1) is 0 Å². The first-order valence-electron chi connectivity index (χ1n) is 3.65. The summed E-state index contributed by atoms with van der Waals surface area (Å²) in [7, 11) is 0. The van der Waals surface area contributed by atoms with Gasteiger partial charge in [-0.2, -0.15) is 16.9 Å². The number of hydrogen-bond acceptors (Lipinski definition) is 4. The predicted octanol–water partition coefficient (Wildman–Crippen LogP) is 1.47. The second kappa shape index (κ2) is 6.97. The highest BCUT2D eigenvalue weighted by atomic mass is 32.2. The van der Waals surface area contributed by atoms with Crippen LogP contribution >= 0.6 is 11.8 Å². The summed E-state index contributed by atoms with van der Waals surface area (Å²) in [6.07, 6.45) is 1.47. The SMILES string of the molecule is CCOC(=O)NN=C(C)CSC. The molecule has 0 aliphatic carbocycles. The molecule has 0 fully saturated rings. The second-order valence-corrected chi connectivity index (χ2v) is 2.98. The highest BCUT2D eigenvalue weighted by Crippen LogP contribution is 1.92. The van der Waals surface area contributed by atoms with Crippen LogP contribution in [0.1, 0.15) is 13.8 Å². The largest absolute Gasteiger partial charge is 0.449 e. The molecular formula is C7H14N2O2S. The molecule has 0 saturated heterocycles. The molecule has 12 heavy (non-hydrogen) atoms. The molecule has 1 amide bonds. The number of carbonyl (C=O) groups is 1. The Morgan fingerprint density at radius 2 is 2.33 bits per heavy atom. The predicted molar refractivity (Wildman–Crippen MR) is 51.6 cm³/mol. The van der Waals surface area contributed by atoms with E-state index in [0.29, 0.717) is 6.61 Å². The molecule has 4 nitrogen and oxygen atoms in total. The monoisotopic (exact) mass is 190 g/mol. The van der Waals surface area contributed by atoms with E-state index in [-0.39, 0.29) is 0 Å². The summed E-state index contributed by atoms with van der Waals surface area (Å²) in [6.45, 7) is 3.96. The average Bonchev–Trinajstić information content (AvgIpc) is 2.02. The summed E-state index contributed by atoms with van der Waals surface area (Å²) >= 11 is 1.65. The lowest BCUT2D eigenvalue weighted by atomic mass is 10.5. The maximum Gasteiger partial charge on any atom is 0.427 e. The van der Waals surface area contributed by atoms with Crippen LogP contribution in [0.5, 0.6) is 0 Å². The molecule has 0 aliphatic heterocycles. The van der Waals surface area contributed by atoms with Gasteiger partial charge in [0, 0.05) is 11.5 Å². The third-order valence-electron chi connectivity index (χ3n) is 0.967. The molecule has 0 rings (SSSR count). The highest BCUT2D eigenvalue weighted by molar-refractivity contribution is 7.99. The molecule has 5 heteroatoms. The van der Waals surface area contributed by atoms with Crippen LogP contribution in [0.15, 0.2) is 5.10 Å². The lowest BCUT2D eigenvalue weighted by Gasteiger charge is -2.00. The smallest absolute Gasteiger partial charge is 0.427 e. The van der Waals surface area contributed by atoms with Gasteiger partial charge in [0.1, 0.15) is 0 Å². The Kier molecular flexibility index (Phi) is 6.55. The number of carbonyl (C=O) groups excluding carboxylic acids is 1. The molecule has 0 radical (unpaired) electrons. The Bertz CT molecular complexity index is 171. The molecule has 0 heterocycles. The van der Waals surface area contributed by atoms with Gasteiger partial charge in [-0.05, 0) is 20.1 Å². The molecule has 0 spiro atoms. The average molecular weight is 190 g/mol. The van der Waals surface area contributed by atoms with Gasteiger partial charge in [0.05, 0.1) is 6.61 Å². The molecule has 0 aromatic heterocycles. The maximum absolute atomic E-state index is 10.7. The minimum absolute atomic E-state index is 0.364. The van der Waals surface area contributed by atoms with Gasteiger partial charge in [-0.3, -0.25) is 0 Å². The van der Waals surface area contributed by atoms with Crippen LogP contribution in [0.25, 0.3) is 0 Å². The molecule has 0 unspecified atom stereocenters. The molecule has 0 bridgehead atoms. The van der Waals surface area contributed by atoms with Gasteiger partial charge in [-0.15, -0.1) is 0 Å². The van der Waals surface area contributed by atoms with E-state index in [9.17, 15) is 4.79 Å². The van der Waals surface area contributed by atoms with Crippen molar-refractivity contribution in [1.29, 1.82) is 0 Å². The quantitative estimate of drug-likeness (QED) is 0.539. The number of nitrogens with one attached hydrogen (secondary N) is 1. The van der Waals surface area contributed by atoms with E-state index in [1.165, 1.54) is 0 Å². The number of hydrogen-bond donors (Lipinski definition) is 1. The first-order valence-corrected chi connectivity index (χ1v) is 5.05. The summed E-state index contributed by atoms with van der Waals surface area (Å²) in [5.74, 6) is 0.812. The van der Waals surface area contributed by atoms with Crippen LogP contribution in [0.4, 0.5) is 4.79 Å². The van der Waals surface area contributed by atoms with Crippen molar-refractivity contribution < 1.29 is 9.53 Å². The van der Waals surface area contributed by atoms with Gasteiger partial charge < -0.3 is 4.74 Å². The van der Waals surface area contributed by atoms with E-state index >= 15 is 0 Å². The normalized spacial score (nSPS) is 11.1. The summed E-state index contributed by atoms with van der Waals surface area (Å²) in [6, 6.07) is 0. The molecule has 0 saturated carbocycles. The number of thioether (sulfide) groups is 1. The van der Waals surface area contributed by atoms with E-state index in [1.807, 2.05) is 13.2 Å². The van der Waals surface area contributed by atoms with E-state index in [1.54, 1.807) is 18.7 Å². The summed E-state index contributed by atoms with van der Waals surface area (Å²) in [4.78, 5) is 10.7. The van der Waals surface area contributed by atoms with Crippen molar-refractivity contribution in [3.05, 3.63) is 0 Å². The van der Waals surface area contributed by atoms with Crippen molar-refractivity contribution in [2.75, 3.05) is 18.6 Å². The van der Waals surface area contributed by atoms with E-state index in [4.69, 9.17) is 0 Å². The summed E-state index contributed by atoms with van der Waals surface area (Å²) < 4.78 is 4.61. The van der Waals surface area contributed by atoms with Crippen molar-refractivity contribution in [1.82, 2.24) is 5.43 Å². The minimum Gasteiger partial charge on any atom is -0.449 e. The van der Waals surface area contributed by atoms with Gasteiger partial charge in [0.15, 0.2) is 0 Å². The van der Waals surface area contributed by atoms with Crippen molar-refractivity contribution in [3.8, 4) is 0 Å². The lowest BCUT2D eigenvalue weighted by Crippen LogP contribution is -2.20.